The van der Waals surface area contributed by atoms with Gasteiger partial charge in [0.15, 0.2) is 0 Å². The van der Waals surface area contributed by atoms with Crippen LogP contribution in [0.3, 0.4) is 0 Å². The molecule has 25 heavy (non-hydrogen) atoms. The summed E-state index contributed by atoms with van der Waals surface area (Å²) in [4.78, 5) is 2.08. The summed E-state index contributed by atoms with van der Waals surface area (Å²) in [5.74, 6) is 6.19. The maximum absolute atomic E-state index is 12.5. The molecule has 0 fully saturated rings. The quantitative estimate of drug-likeness (QED) is 0.834. The Bertz CT molecular complexity index is 910. The molecule has 0 heterocycles. The molecule has 0 saturated heterocycles. The van der Waals surface area contributed by atoms with Crippen LogP contribution in [0.2, 0.25) is 0 Å². The van der Waals surface area contributed by atoms with Crippen molar-refractivity contribution >= 4 is 15.7 Å². The number of ether oxygens (including phenoxy) is 1. The molecule has 0 aliphatic carbocycles. The SMILES string of the molecule is COc1ccc(C)cc1S(=O)(=O)NCC#Cc1ccccc1N(C)C. The zero-order valence-electron chi connectivity index (χ0n) is 14.8. The largest absolute Gasteiger partial charge is 0.495 e. The highest BCUT2D eigenvalue weighted by Gasteiger charge is 2.18. The van der Waals surface area contributed by atoms with E-state index in [2.05, 4.69) is 16.6 Å². The lowest BCUT2D eigenvalue weighted by Gasteiger charge is -2.14. The predicted octanol–water partition coefficient (Wildman–Crippen LogP) is 2.40. The van der Waals surface area contributed by atoms with Gasteiger partial charge in [0.1, 0.15) is 10.6 Å². The molecule has 2 rings (SSSR count). The van der Waals surface area contributed by atoms with E-state index in [0.29, 0.717) is 5.75 Å². The zero-order valence-corrected chi connectivity index (χ0v) is 15.6. The van der Waals surface area contributed by atoms with E-state index >= 15 is 0 Å². The maximum Gasteiger partial charge on any atom is 0.245 e. The van der Waals surface area contributed by atoms with E-state index in [1.165, 1.54) is 7.11 Å². The summed E-state index contributed by atoms with van der Waals surface area (Å²) in [6.45, 7) is 1.84. The number of para-hydroxylation sites is 1. The van der Waals surface area contributed by atoms with Crippen molar-refractivity contribution in [3.05, 3.63) is 53.6 Å². The van der Waals surface area contributed by atoms with Gasteiger partial charge < -0.3 is 9.64 Å². The van der Waals surface area contributed by atoms with E-state index in [1.54, 1.807) is 18.2 Å². The summed E-state index contributed by atoms with van der Waals surface area (Å²) in [7, 11) is 1.63. The van der Waals surface area contributed by atoms with E-state index in [1.807, 2.05) is 50.2 Å². The number of hydrogen-bond donors (Lipinski definition) is 1. The highest BCUT2D eigenvalue weighted by Crippen LogP contribution is 2.24. The third-order valence-corrected chi connectivity index (χ3v) is 4.99. The Kier molecular flexibility index (Phi) is 6.07. The summed E-state index contributed by atoms with van der Waals surface area (Å²) < 4.78 is 32.6. The van der Waals surface area contributed by atoms with Crippen LogP contribution >= 0.6 is 0 Å². The summed E-state index contributed by atoms with van der Waals surface area (Å²) in [5.41, 5.74) is 2.67. The summed E-state index contributed by atoms with van der Waals surface area (Å²) in [5, 5.41) is 0. The number of aryl methyl sites for hydroxylation is 1. The van der Waals surface area contributed by atoms with E-state index in [0.717, 1.165) is 16.8 Å². The molecule has 6 heteroatoms. The molecule has 2 aromatic carbocycles. The Balaban J connectivity index is 2.17. The van der Waals surface area contributed by atoms with Crippen LogP contribution in [-0.4, -0.2) is 36.2 Å². The van der Waals surface area contributed by atoms with Gasteiger partial charge in [-0.2, -0.15) is 4.72 Å². The lowest BCUT2D eigenvalue weighted by Crippen LogP contribution is -2.24. The average Bonchev–Trinajstić information content (AvgIpc) is 2.59. The fraction of sp³-hybridized carbons (Fsp3) is 0.263. The van der Waals surface area contributed by atoms with Crippen molar-refractivity contribution in [3.8, 4) is 17.6 Å². The lowest BCUT2D eigenvalue weighted by atomic mass is 10.1. The Morgan fingerprint density at radius 2 is 1.88 bits per heavy atom. The number of benzene rings is 2. The first-order chi connectivity index (χ1) is 11.8. The molecular formula is C19H22N2O3S. The molecule has 5 nitrogen and oxygen atoms in total. The number of sulfonamides is 1. The van der Waals surface area contributed by atoms with Crippen LogP contribution in [0.4, 0.5) is 5.69 Å². The van der Waals surface area contributed by atoms with E-state index < -0.39 is 10.0 Å². The highest BCUT2D eigenvalue weighted by molar-refractivity contribution is 7.89. The fourth-order valence-corrected chi connectivity index (χ4v) is 3.49. The standard InChI is InChI=1S/C19H22N2O3S/c1-15-11-12-18(24-4)19(14-15)25(22,23)20-13-7-9-16-8-5-6-10-17(16)21(2)3/h5-6,8,10-12,14,20H,13H2,1-4H3. The highest BCUT2D eigenvalue weighted by atomic mass is 32.2. The summed E-state index contributed by atoms with van der Waals surface area (Å²) in [6.07, 6.45) is 0. The Morgan fingerprint density at radius 3 is 2.56 bits per heavy atom. The Labute approximate surface area is 149 Å². The number of hydrogen-bond acceptors (Lipinski definition) is 4. The van der Waals surface area contributed by atoms with E-state index in [-0.39, 0.29) is 11.4 Å². The number of nitrogens with one attached hydrogen (secondary N) is 1. The number of methoxy groups -OCH3 is 1. The molecule has 0 spiro atoms. The van der Waals surface area contributed by atoms with Gasteiger partial charge in [-0.3, -0.25) is 0 Å². The van der Waals surface area contributed by atoms with Crippen LogP contribution in [0.25, 0.3) is 0 Å². The monoisotopic (exact) mass is 358 g/mol. The van der Waals surface area contributed by atoms with Crippen molar-refractivity contribution in [2.24, 2.45) is 0 Å². The molecule has 0 aromatic heterocycles. The van der Waals surface area contributed by atoms with Crippen molar-refractivity contribution in [2.75, 3.05) is 32.6 Å². The van der Waals surface area contributed by atoms with Crippen LogP contribution in [0.1, 0.15) is 11.1 Å². The first-order valence-electron chi connectivity index (χ1n) is 7.74. The third kappa shape index (κ3) is 4.75. The van der Waals surface area contributed by atoms with Gasteiger partial charge in [-0.1, -0.05) is 30.0 Å². The maximum atomic E-state index is 12.5. The summed E-state index contributed by atoms with van der Waals surface area (Å²) in [6, 6.07) is 12.7. The molecule has 0 bridgehead atoms. The van der Waals surface area contributed by atoms with Crippen LogP contribution in [0.5, 0.6) is 5.75 Å². The van der Waals surface area contributed by atoms with E-state index in [4.69, 9.17) is 4.74 Å². The molecule has 0 radical (unpaired) electrons. The van der Waals surface area contributed by atoms with Crippen molar-refractivity contribution in [1.82, 2.24) is 4.72 Å². The van der Waals surface area contributed by atoms with Gasteiger partial charge in [0, 0.05) is 19.7 Å². The summed E-state index contributed by atoms with van der Waals surface area (Å²) >= 11 is 0. The van der Waals surface area contributed by atoms with Gasteiger partial charge in [-0.05, 0) is 36.8 Å². The van der Waals surface area contributed by atoms with Gasteiger partial charge in [0.25, 0.3) is 0 Å². The first kappa shape index (κ1) is 18.8. The molecule has 132 valence electrons. The van der Waals surface area contributed by atoms with Gasteiger partial charge in [0.05, 0.1) is 19.3 Å². The van der Waals surface area contributed by atoms with Gasteiger partial charge in [0.2, 0.25) is 10.0 Å². The van der Waals surface area contributed by atoms with Crippen LogP contribution < -0.4 is 14.4 Å². The van der Waals surface area contributed by atoms with Crippen molar-refractivity contribution in [3.63, 3.8) is 0 Å². The normalized spacial score (nSPS) is 10.7. The van der Waals surface area contributed by atoms with Gasteiger partial charge in [-0.25, -0.2) is 8.42 Å². The minimum atomic E-state index is -3.69. The second-order valence-corrected chi connectivity index (χ2v) is 7.43. The first-order valence-corrected chi connectivity index (χ1v) is 9.23. The molecule has 0 aliphatic rings. The van der Waals surface area contributed by atoms with Crippen molar-refractivity contribution < 1.29 is 13.2 Å². The topological polar surface area (TPSA) is 58.6 Å². The molecule has 0 unspecified atom stereocenters. The van der Waals surface area contributed by atoms with Crippen molar-refractivity contribution in [1.29, 1.82) is 0 Å². The molecule has 0 atom stereocenters. The average molecular weight is 358 g/mol. The Hall–Kier alpha value is -2.49. The zero-order chi connectivity index (χ0) is 18.4. The molecule has 0 aliphatic heterocycles. The smallest absolute Gasteiger partial charge is 0.245 e. The number of nitrogens with zero attached hydrogens (tertiary/aromatic N) is 1. The Morgan fingerprint density at radius 1 is 1.16 bits per heavy atom. The number of anilines is 1. The van der Waals surface area contributed by atoms with Gasteiger partial charge >= 0.3 is 0 Å². The van der Waals surface area contributed by atoms with Crippen molar-refractivity contribution in [2.45, 2.75) is 11.8 Å². The fourth-order valence-electron chi connectivity index (χ4n) is 2.31. The molecule has 0 saturated carbocycles. The minimum Gasteiger partial charge on any atom is -0.495 e. The molecule has 1 N–H and O–H groups in total. The van der Waals surface area contributed by atoms with E-state index in [9.17, 15) is 8.42 Å². The third-order valence-electron chi connectivity index (χ3n) is 3.57. The second-order valence-electron chi connectivity index (χ2n) is 5.69. The van der Waals surface area contributed by atoms with Crippen LogP contribution in [0, 0.1) is 18.8 Å². The predicted molar refractivity (Wildman–Crippen MR) is 101 cm³/mol. The van der Waals surface area contributed by atoms with Crippen LogP contribution in [0.15, 0.2) is 47.4 Å². The second kappa shape index (κ2) is 8.06. The van der Waals surface area contributed by atoms with Crippen LogP contribution in [-0.2, 0) is 10.0 Å². The minimum absolute atomic E-state index is 0.0151. The molecule has 0 amide bonds. The number of rotatable bonds is 5. The molecule has 2 aromatic rings. The molecular weight excluding hydrogens is 336 g/mol. The van der Waals surface area contributed by atoms with Gasteiger partial charge in [-0.15, -0.1) is 0 Å². The lowest BCUT2D eigenvalue weighted by molar-refractivity contribution is 0.402.